The number of aromatic nitrogens is 4. The van der Waals surface area contributed by atoms with E-state index >= 15 is 0 Å². The third-order valence-electron chi connectivity index (χ3n) is 6.08. The molecular formula is C18H20F4N6O. The summed E-state index contributed by atoms with van der Waals surface area (Å²) in [4.78, 5) is 14.0. The van der Waals surface area contributed by atoms with Gasteiger partial charge in [-0.25, -0.2) is 13.9 Å². The Balaban J connectivity index is 1.35. The van der Waals surface area contributed by atoms with Crippen LogP contribution in [0.5, 0.6) is 0 Å². The molecule has 1 aromatic carbocycles. The van der Waals surface area contributed by atoms with E-state index in [-0.39, 0.29) is 28.9 Å². The number of urea groups is 1. The molecule has 0 unspecified atom stereocenters. The summed E-state index contributed by atoms with van der Waals surface area (Å²) in [5, 5.41) is 13.5. The number of nitrogens with zero attached hydrogens (tertiary/aromatic N) is 5. The molecule has 1 aromatic heterocycles. The van der Waals surface area contributed by atoms with Crippen LogP contribution in [0.15, 0.2) is 18.2 Å². The number of carbonyl (C=O) groups excluding carboxylic acids is 1. The second kappa shape index (κ2) is 6.96. The number of rotatable bonds is 2. The average Bonchev–Trinajstić information content (AvgIpc) is 3.04. The average molecular weight is 412 g/mol. The predicted molar refractivity (Wildman–Crippen MR) is 94.4 cm³/mol. The van der Waals surface area contributed by atoms with Gasteiger partial charge in [0.1, 0.15) is 5.82 Å². The second-order valence-electron chi connectivity index (χ2n) is 7.86. The minimum atomic E-state index is -4.70. The predicted octanol–water partition coefficient (Wildman–Crippen LogP) is 3.56. The molecule has 1 N–H and O–H groups in total. The highest BCUT2D eigenvalue weighted by Gasteiger charge is 2.48. The number of aryl methyl sites for hydroxylation is 1. The quantitative estimate of drug-likeness (QED) is 0.766. The summed E-state index contributed by atoms with van der Waals surface area (Å²) in [7, 11) is 1.61. The van der Waals surface area contributed by atoms with Crippen molar-refractivity contribution in [1.82, 2.24) is 25.1 Å². The zero-order valence-corrected chi connectivity index (χ0v) is 15.7. The zero-order chi connectivity index (χ0) is 20.8. The molecule has 0 bridgehead atoms. The molecule has 11 heteroatoms. The number of alkyl halides is 3. The number of nitrogens with one attached hydrogen (secondary N) is 1. The molecule has 2 fully saturated rings. The fourth-order valence-corrected chi connectivity index (χ4v) is 4.39. The smallest absolute Gasteiger partial charge is 0.324 e. The van der Waals surface area contributed by atoms with Crippen LogP contribution in [-0.4, -0.2) is 44.2 Å². The second-order valence-corrected chi connectivity index (χ2v) is 7.86. The molecule has 1 spiro atoms. The standard InChI is InChI=1S/C18H20F4N6O/c1-27-15(24-25-26-27)23-16(29)28-7-5-17(6-8-28)9-11(10-17)12-3-2-4-13(14(12)19)18(20,21)22/h2-4,11H,5-10H2,1H3,(H,23,24,26,29). The van der Waals surface area contributed by atoms with E-state index < -0.39 is 17.6 Å². The van der Waals surface area contributed by atoms with Gasteiger partial charge < -0.3 is 4.90 Å². The van der Waals surface area contributed by atoms with Crippen molar-refractivity contribution < 1.29 is 22.4 Å². The van der Waals surface area contributed by atoms with Crippen LogP contribution in [0, 0.1) is 11.2 Å². The molecule has 29 heavy (non-hydrogen) atoms. The van der Waals surface area contributed by atoms with Gasteiger partial charge in [0.15, 0.2) is 0 Å². The molecule has 4 rings (SSSR count). The number of hydrogen-bond donors (Lipinski definition) is 1. The fourth-order valence-electron chi connectivity index (χ4n) is 4.39. The van der Waals surface area contributed by atoms with Crippen LogP contribution < -0.4 is 5.32 Å². The maximum Gasteiger partial charge on any atom is 0.419 e. The Morgan fingerprint density at radius 1 is 1.24 bits per heavy atom. The van der Waals surface area contributed by atoms with Crippen molar-refractivity contribution >= 4 is 12.0 Å². The van der Waals surface area contributed by atoms with Gasteiger partial charge in [0, 0.05) is 20.1 Å². The van der Waals surface area contributed by atoms with Gasteiger partial charge in [-0.1, -0.05) is 17.2 Å². The van der Waals surface area contributed by atoms with Gasteiger partial charge in [0.05, 0.1) is 5.56 Å². The van der Waals surface area contributed by atoms with E-state index in [1.807, 2.05) is 0 Å². The lowest BCUT2D eigenvalue weighted by Gasteiger charge is -2.52. The molecule has 1 aliphatic heterocycles. The maximum absolute atomic E-state index is 14.4. The molecule has 156 valence electrons. The molecule has 0 radical (unpaired) electrons. The SMILES string of the molecule is Cn1nnnc1NC(=O)N1CCC2(CC1)CC(c1cccc(C(F)(F)F)c1F)C2. The first-order chi connectivity index (χ1) is 13.7. The Morgan fingerprint density at radius 3 is 2.52 bits per heavy atom. The molecule has 1 aliphatic carbocycles. The van der Waals surface area contributed by atoms with Crippen LogP contribution >= 0.6 is 0 Å². The van der Waals surface area contributed by atoms with E-state index in [4.69, 9.17) is 0 Å². The van der Waals surface area contributed by atoms with Gasteiger partial charge >= 0.3 is 12.2 Å². The number of halogens is 4. The lowest BCUT2D eigenvalue weighted by molar-refractivity contribution is -0.140. The molecule has 2 amide bonds. The molecule has 7 nitrogen and oxygen atoms in total. The summed E-state index contributed by atoms with van der Waals surface area (Å²) in [6, 6.07) is 3.19. The normalized spacial score (nSPS) is 19.3. The Bertz CT molecular complexity index is 911. The summed E-state index contributed by atoms with van der Waals surface area (Å²) in [6.45, 7) is 1.05. The summed E-state index contributed by atoms with van der Waals surface area (Å²) in [5.74, 6) is -1.13. The minimum Gasteiger partial charge on any atom is -0.324 e. The third-order valence-corrected chi connectivity index (χ3v) is 6.08. The van der Waals surface area contributed by atoms with Crippen molar-refractivity contribution in [3.05, 3.63) is 35.1 Å². The van der Waals surface area contributed by atoms with E-state index in [2.05, 4.69) is 20.8 Å². The summed E-state index contributed by atoms with van der Waals surface area (Å²) >= 11 is 0. The Hall–Kier alpha value is -2.72. The number of carbonyl (C=O) groups is 1. The first-order valence-corrected chi connectivity index (χ1v) is 9.32. The van der Waals surface area contributed by atoms with E-state index in [9.17, 15) is 22.4 Å². The summed E-state index contributed by atoms with van der Waals surface area (Å²) in [5.41, 5.74) is -1.12. The molecule has 2 aromatic rings. The molecule has 2 aliphatic rings. The van der Waals surface area contributed by atoms with Crippen molar-refractivity contribution in [2.45, 2.75) is 37.8 Å². The Morgan fingerprint density at radius 2 is 1.93 bits per heavy atom. The molecule has 2 heterocycles. The largest absolute Gasteiger partial charge is 0.419 e. The molecular weight excluding hydrogens is 392 g/mol. The number of piperidine rings is 1. The summed E-state index contributed by atoms with van der Waals surface area (Å²) in [6.07, 6.45) is -1.97. The first-order valence-electron chi connectivity index (χ1n) is 9.32. The lowest BCUT2D eigenvalue weighted by Crippen LogP contribution is -2.49. The summed E-state index contributed by atoms with van der Waals surface area (Å²) < 4.78 is 54.6. The number of likely N-dealkylation sites (tertiary alicyclic amines) is 1. The highest BCUT2D eigenvalue weighted by atomic mass is 19.4. The molecule has 0 atom stereocenters. The minimum absolute atomic E-state index is 0.0472. The van der Waals surface area contributed by atoms with Gasteiger partial charge in [-0.2, -0.15) is 13.2 Å². The van der Waals surface area contributed by atoms with Crippen LogP contribution in [0.3, 0.4) is 0 Å². The van der Waals surface area contributed by atoms with Crippen LogP contribution in [-0.2, 0) is 13.2 Å². The third kappa shape index (κ3) is 3.65. The first kappa shape index (κ1) is 19.6. The lowest BCUT2D eigenvalue weighted by atomic mass is 9.56. The van der Waals surface area contributed by atoms with Gasteiger partial charge in [-0.3, -0.25) is 5.32 Å². The molecule has 1 saturated carbocycles. The van der Waals surface area contributed by atoms with Gasteiger partial charge in [0.2, 0.25) is 0 Å². The highest BCUT2D eigenvalue weighted by molar-refractivity contribution is 5.87. The highest BCUT2D eigenvalue weighted by Crippen LogP contribution is 2.57. The number of amides is 2. The Kier molecular flexibility index (Phi) is 4.70. The van der Waals surface area contributed by atoms with Gasteiger partial charge in [-0.05, 0) is 59.1 Å². The monoisotopic (exact) mass is 412 g/mol. The van der Waals surface area contributed by atoms with E-state index in [0.717, 1.165) is 18.9 Å². The topological polar surface area (TPSA) is 75.9 Å². The maximum atomic E-state index is 14.4. The van der Waals surface area contributed by atoms with E-state index in [1.165, 1.54) is 16.8 Å². The Labute approximate surface area is 164 Å². The van der Waals surface area contributed by atoms with Crippen LogP contribution in [0.25, 0.3) is 0 Å². The van der Waals surface area contributed by atoms with Crippen LogP contribution in [0.4, 0.5) is 28.3 Å². The molecule has 1 saturated heterocycles. The number of anilines is 1. The zero-order valence-electron chi connectivity index (χ0n) is 15.7. The number of hydrogen-bond acceptors (Lipinski definition) is 4. The van der Waals surface area contributed by atoms with Crippen LogP contribution in [0.2, 0.25) is 0 Å². The fraction of sp³-hybridized carbons (Fsp3) is 0.556. The van der Waals surface area contributed by atoms with Gasteiger partial charge in [-0.15, -0.1) is 0 Å². The van der Waals surface area contributed by atoms with Crippen molar-refractivity contribution in [3.63, 3.8) is 0 Å². The van der Waals surface area contributed by atoms with Gasteiger partial charge in [0.25, 0.3) is 5.95 Å². The van der Waals surface area contributed by atoms with E-state index in [1.54, 1.807) is 11.9 Å². The van der Waals surface area contributed by atoms with E-state index in [0.29, 0.717) is 25.9 Å². The number of benzene rings is 1. The van der Waals surface area contributed by atoms with Crippen molar-refractivity contribution in [2.75, 3.05) is 18.4 Å². The van der Waals surface area contributed by atoms with Crippen molar-refractivity contribution in [2.24, 2.45) is 12.5 Å². The van der Waals surface area contributed by atoms with Crippen LogP contribution in [0.1, 0.15) is 42.7 Å². The van der Waals surface area contributed by atoms with Crippen molar-refractivity contribution in [3.8, 4) is 0 Å². The number of tetrazole rings is 1. The van der Waals surface area contributed by atoms with Crippen molar-refractivity contribution in [1.29, 1.82) is 0 Å².